The quantitative estimate of drug-likeness (QED) is 0.594. The lowest BCUT2D eigenvalue weighted by Gasteiger charge is -2.25. The van der Waals surface area contributed by atoms with Gasteiger partial charge in [0.15, 0.2) is 5.78 Å². The number of Topliss-reactive ketones (excluding diaryl/α,β-unsaturated/α-hetero) is 1. The van der Waals surface area contributed by atoms with Gasteiger partial charge in [-0.2, -0.15) is 13.2 Å². The smallest absolute Gasteiger partial charge is 0.379 e. The monoisotopic (exact) mass is 299 g/mol. The van der Waals surface area contributed by atoms with Crippen LogP contribution in [-0.4, -0.2) is 51.5 Å². The fraction of sp³-hybridized carbons (Fsp3) is 0.923. The molecule has 0 aromatic heterocycles. The Kier molecular flexibility index (Phi) is 9.79. The van der Waals surface area contributed by atoms with Crippen molar-refractivity contribution in [2.75, 3.05) is 33.5 Å². The van der Waals surface area contributed by atoms with Crippen LogP contribution in [-0.2, 0) is 14.3 Å². The molecule has 120 valence electrons. The number of rotatable bonds is 11. The first-order chi connectivity index (χ1) is 9.32. The van der Waals surface area contributed by atoms with E-state index in [4.69, 9.17) is 9.47 Å². The average Bonchev–Trinajstić information content (AvgIpc) is 2.38. The topological polar surface area (TPSA) is 47.6 Å². The summed E-state index contributed by atoms with van der Waals surface area (Å²) in [5.74, 6) is -2.25. The van der Waals surface area contributed by atoms with Crippen LogP contribution in [0.25, 0.3) is 0 Å². The Morgan fingerprint density at radius 3 is 2.30 bits per heavy atom. The van der Waals surface area contributed by atoms with E-state index >= 15 is 0 Å². The fourth-order valence-electron chi connectivity index (χ4n) is 1.63. The van der Waals surface area contributed by atoms with Crippen molar-refractivity contribution in [1.82, 2.24) is 5.32 Å². The second-order valence-electron chi connectivity index (χ2n) is 4.63. The molecule has 0 aliphatic heterocycles. The molecule has 0 rings (SSSR count). The fourth-order valence-corrected chi connectivity index (χ4v) is 1.63. The third kappa shape index (κ3) is 8.50. The highest BCUT2D eigenvalue weighted by Gasteiger charge is 2.43. The molecule has 0 aromatic carbocycles. The molecule has 0 bridgehead atoms. The number of carbonyl (C=O) groups excluding carboxylic acids is 1. The maximum Gasteiger partial charge on any atom is 0.393 e. The molecule has 2 atom stereocenters. The van der Waals surface area contributed by atoms with Crippen molar-refractivity contribution in [1.29, 1.82) is 0 Å². The molecule has 0 aliphatic carbocycles. The molecule has 0 fully saturated rings. The molecule has 0 saturated carbocycles. The predicted octanol–water partition coefficient (Wildman–Crippen LogP) is 2.18. The molecule has 1 N–H and O–H groups in total. The third-order valence-electron chi connectivity index (χ3n) is 2.91. The van der Waals surface area contributed by atoms with Gasteiger partial charge in [0.25, 0.3) is 0 Å². The summed E-state index contributed by atoms with van der Waals surface area (Å²) in [6, 6.07) is -0.813. The first-order valence-corrected chi connectivity index (χ1v) is 6.74. The van der Waals surface area contributed by atoms with E-state index in [-0.39, 0.29) is 13.2 Å². The Morgan fingerprint density at radius 2 is 1.80 bits per heavy atom. The van der Waals surface area contributed by atoms with Crippen LogP contribution >= 0.6 is 0 Å². The van der Waals surface area contributed by atoms with Crippen LogP contribution in [0.1, 0.15) is 26.7 Å². The van der Waals surface area contributed by atoms with Crippen molar-refractivity contribution in [2.45, 2.75) is 38.9 Å². The van der Waals surface area contributed by atoms with Crippen LogP contribution in [0.5, 0.6) is 0 Å². The summed E-state index contributed by atoms with van der Waals surface area (Å²) in [6.45, 7) is 4.22. The minimum Gasteiger partial charge on any atom is -0.379 e. The van der Waals surface area contributed by atoms with Crippen LogP contribution in [0.15, 0.2) is 0 Å². The molecular weight excluding hydrogens is 275 g/mol. The summed E-state index contributed by atoms with van der Waals surface area (Å²) in [6.07, 6.45) is -4.09. The van der Waals surface area contributed by atoms with E-state index < -0.39 is 30.3 Å². The minimum absolute atomic E-state index is 0.212. The molecule has 0 aliphatic rings. The van der Waals surface area contributed by atoms with Gasteiger partial charge in [-0.15, -0.1) is 0 Å². The van der Waals surface area contributed by atoms with E-state index in [1.165, 1.54) is 14.0 Å². The van der Waals surface area contributed by atoms with Crippen molar-refractivity contribution in [3.05, 3.63) is 0 Å². The Hall–Kier alpha value is -0.660. The Bertz CT molecular complexity index is 272. The van der Waals surface area contributed by atoms with Crippen LogP contribution in [0.3, 0.4) is 0 Å². The Morgan fingerprint density at radius 1 is 1.20 bits per heavy atom. The van der Waals surface area contributed by atoms with Gasteiger partial charge in [0.05, 0.1) is 19.1 Å². The zero-order valence-electron chi connectivity index (χ0n) is 12.3. The standard InChI is InChI=1S/C13H24F3NO3/c1-4-5-19-6-7-20-9-11(18)8-12(10(2)17-3)13(14,15)16/h10,12,17H,4-9H2,1-3H3. The summed E-state index contributed by atoms with van der Waals surface area (Å²) in [7, 11) is 1.44. The highest BCUT2D eigenvalue weighted by molar-refractivity contribution is 5.80. The number of hydrogen-bond donors (Lipinski definition) is 1. The molecule has 0 aromatic rings. The molecule has 2 unspecified atom stereocenters. The maximum atomic E-state index is 12.8. The normalized spacial score (nSPS) is 15.1. The molecule has 0 radical (unpaired) electrons. The van der Waals surface area contributed by atoms with Crippen LogP contribution in [0, 0.1) is 5.92 Å². The molecular formula is C13H24F3NO3. The van der Waals surface area contributed by atoms with Crippen molar-refractivity contribution in [2.24, 2.45) is 5.92 Å². The molecule has 0 spiro atoms. The van der Waals surface area contributed by atoms with Gasteiger partial charge < -0.3 is 14.8 Å². The third-order valence-corrected chi connectivity index (χ3v) is 2.91. The number of ether oxygens (including phenoxy) is 2. The van der Waals surface area contributed by atoms with Crippen molar-refractivity contribution in [3.63, 3.8) is 0 Å². The highest BCUT2D eigenvalue weighted by Crippen LogP contribution is 2.31. The average molecular weight is 299 g/mol. The SMILES string of the molecule is CCCOCCOCC(=O)CC(C(C)NC)C(F)(F)F. The van der Waals surface area contributed by atoms with Gasteiger partial charge in [-0.1, -0.05) is 6.92 Å². The highest BCUT2D eigenvalue weighted by atomic mass is 19.4. The molecule has 4 nitrogen and oxygen atoms in total. The second-order valence-corrected chi connectivity index (χ2v) is 4.63. The van der Waals surface area contributed by atoms with Crippen LogP contribution in [0.4, 0.5) is 13.2 Å². The van der Waals surface area contributed by atoms with Crippen molar-refractivity contribution >= 4 is 5.78 Å². The maximum absolute atomic E-state index is 12.8. The second kappa shape index (κ2) is 10.1. The van der Waals surface area contributed by atoms with Gasteiger partial charge in [-0.3, -0.25) is 4.79 Å². The first kappa shape index (κ1) is 19.3. The van der Waals surface area contributed by atoms with Gasteiger partial charge in [0, 0.05) is 19.1 Å². The van der Waals surface area contributed by atoms with E-state index in [0.717, 1.165) is 6.42 Å². The first-order valence-electron chi connectivity index (χ1n) is 6.74. The number of nitrogens with one attached hydrogen (secondary N) is 1. The van der Waals surface area contributed by atoms with Gasteiger partial charge in [-0.25, -0.2) is 0 Å². The van der Waals surface area contributed by atoms with Crippen molar-refractivity contribution in [3.8, 4) is 0 Å². The molecule has 20 heavy (non-hydrogen) atoms. The number of ketones is 1. The molecule has 7 heteroatoms. The van der Waals surface area contributed by atoms with E-state index in [0.29, 0.717) is 13.2 Å². The molecule has 0 heterocycles. The lowest BCUT2D eigenvalue weighted by atomic mass is 9.94. The summed E-state index contributed by atoms with van der Waals surface area (Å²) >= 11 is 0. The Balaban J connectivity index is 4.02. The van der Waals surface area contributed by atoms with E-state index in [1.54, 1.807) is 0 Å². The summed E-state index contributed by atoms with van der Waals surface area (Å²) in [5, 5.41) is 2.53. The lowest BCUT2D eigenvalue weighted by Crippen LogP contribution is -2.41. The molecule has 0 amide bonds. The van der Waals surface area contributed by atoms with E-state index in [9.17, 15) is 18.0 Å². The number of hydrogen-bond acceptors (Lipinski definition) is 4. The van der Waals surface area contributed by atoms with E-state index in [1.807, 2.05) is 6.92 Å². The van der Waals surface area contributed by atoms with Gasteiger partial charge in [-0.05, 0) is 20.4 Å². The summed E-state index contributed by atoms with van der Waals surface area (Å²) in [5.41, 5.74) is 0. The molecule has 0 saturated heterocycles. The zero-order chi connectivity index (χ0) is 15.6. The predicted molar refractivity (Wildman–Crippen MR) is 69.6 cm³/mol. The largest absolute Gasteiger partial charge is 0.393 e. The van der Waals surface area contributed by atoms with Crippen LogP contribution < -0.4 is 5.32 Å². The number of halogens is 3. The van der Waals surface area contributed by atoms with Gasteiger partial charge in [0.2, 0.25) is 0 Å². The summed E-state index contributed by atoms with van der Waals surface area (Å²) < 4.78 is 48.5. The van der Waals surface area contributed by atoms with Gasteiger partial charge in [0.1, 0.15) is 6.61 Å². The van der Waals surface area contributed by atoms with Gasteiger partial charge >= 0.3 is 6.18 Å². The number of alkyl halides is 3. The van der Waals surface area contributed by atoms with Crippen molar-refractivity contribution < 1.29 is 27.4 Å². The van der Waals surface area contributed by atoms with Crippen LogP contribution in [0.2, 0.25) is 0 Å². The summed E-state index contributed by atoms with van der Waals surface area (Å²) in [4.78, 5) is 11.5. The Labute approximate surface area is 118 Å². The zero-order valence-corrected chi connectivity index (χ0v) is 12.3. The lowest BCUT2D eigenvalue weighted by molar-refractivity contribution is -0.185. The number of carbonyl (C=O) groups is 1. The van der Waals surface area contributed by atoms with E-state index in [2.05, 4.69) is 5.32 Å². The minimum atomic E-state index is -4.40.